The summed E-state index contributed by atoms with van der Waals surface area (Å²) in [5.74, 6) is -0.460. The van der Waals surface area contributed by atoms with Crippen molar-refractivity contribution in [2.45, 2.75) is 13.3 Å². The van der Waals surface area contributed by atoms with Gasteiger partial charge in [-0.25, -0.2) is 14.4 Å². The fraction of sp³-hybridized carbons (Fsp3) is 0.348. The highest BCUT2D eigenvalue weighted by molar-refractivity contribution is 7.22. The number of benzene rings is 1. The van der Waals surface area contributed by atoms with E-state index in [9.17, 15) is 9.18 Å². The summed E-state index contributed by atoms with van der Waals surface area (Å²) in [5.41, 5.74) is 2.61. The molecule has 10 heteroatoms. The van der Waals surface area contributed by atoms with Gasteiger partial charge in [0.05, 0.1) is 29.1 Å². The maximum Gasteiger partial charge on any atom is 0.278 e. The Labute approximate surface area is 201 Å². The molecule has 33 heavy (non-hydrogen) atoms. The van der Waals surface area contributed by atoms with Crippen molar-refractivity contribution in [1.29, 1.82) is 0 Å². The van der Waals surface area contributed by atoms with Crippen LogP contribution in [0.5, 0.6) is 0 Å². The summed E-state index contributed by atoms with van der Waals surface area (Å²) < 4.78 is 21.7. The summed E-state index contributed by atoms with van der Waals surface area (Å²) in [6.07, 6.45) is 2.65. The van der Waals surface area contributed by atoms with Gasteiger partial charge < -0.3 is 4.74 Å². The van der Waals surface area contributed by atoms with E-state index in [-0.39, 0.29) is 24.1 Å². The Bertz CT molecular complexity index is 1270. The number of hydrogen-bond donors (Lipinski definition) is 0. The van der Waals surface area contributed by atoms with E-state index in [1.165, 1.54) is 23.5 Å². The first-order chi connectivity index (χ1) is 15.6. The molecule has 4 heterocycles. The topological polar surface area (TPSA) is 63.0 Å². The number of pyridine rings is 1. The van der Waals surface area contributed by atoms with Gasteiger partial charge in [0.2, 0.25) is 0 Å². The lowest BCUT2D eigenvalue weighted by Gasteiger charge is -2.27. The quantitative estimate of drug-likeness (QED) is 0.406. The molecule has 1 aliphatic rings. The number of ether oxygens (including phenoxy) is 1. The van der Waals surface area contributed by atoms with Gasteiger partial charge in [-0.05, 0) is 43.7 Å². The second kappa shape index (κ2) is 10.1. The van der Waals surface area contributed by atoms with Crippen LogP contribution in [-0.2, 0) is 4.74 Å². The van der Waals surface area contributed by atoms with Gasteiger partial charge in [-0.2, -0.15) is 0 Å². The van der Waals surface area contributed by atoms with E-state index in [0.717, 1.165) is 49.6 Å². The minimum atomic E-state index is -0.310. The number of carbonyl (C=O) groups is 1. The molecule has 5 rings (SSSR count). The van der Waals surface area contributed by atoms with Crippen LogP contribution in [-0.4, -0.2) is 64.6 Å². The summed E-state index contributed by atoms with van der Waals surface area (Å²) in [7, 11) is 0. The van der Waals surface area contributed by atoms with Crippen LogP contribution in [0.15, 0.2) is 42.6 Å². The third-order valence-corrected chi connectivity index (χ3v) is 6.72. The van der Waals surface area contributed by atoms with E-state index in [4.69, 9.17) is 4.74 Å². The average molecular weight is 490 g/mol. The largest absolute Gasteiger partial charge is 0.379 e. The minimum absolute atomic E-state index is 0. The standard InChI is InChI=1S/C23H24FN5O2S.ClH/c1-16-21(28-9-3-2-5-20(28)25-16)22(30)29(10-4-8-27-11-13-31-14-12-27)23-26-18-7-6-17(24)15-19(18)32-23;/h2-3,5-7,9,15H,4,8,10-14H2,1H3;1H. The Balaban J connectivity index is 0.00000259. The van der Waals surface area contributed by atoms with Gasteiger partial charge >= 0.3 is 0 Å². The Morgan fingerprint density at radius 2 is 2.03 bits per heavy atom. The fourth-order valence-corrected chi connectivity index (χ4v) is 5.08. The zero-order valence-corrected chi connectivity index (χ0v) is 19.9. The Morgan fingerprint density at radius 1 is 1.21 bits per heavy atom. The number of amides is 1. The molecule has 1 aliphatic heterocycles. The number of halogens is 2. The lowest BCUT2D eigenvalue weighted by molar-refractivity contribution is 0.0376. The number of anilines is 1. The second-order valence-electron chi connectivity index (χ2n) is 7.85. The summed E-state index contributed by atoms with van der Waals surface area (Å²) in [5, 5.41) is 0.572. The van der Waals surface area contributed by atoms with Crippen molar-refractivity contribution >= 4 is 50.6 Å². The maximum atomic E-state index is 13.8. The van der Waals surface area contributed by atoms with E-state index in [1.807, 2.05) is 35.7 Å². The van der Waals surface area contributed by atoms with Crippen molar-refractivity contribution in [2.75, 3.05) is 44.3 Å². The van der Waals surface area contributed by atoms with Crippen LogP contribution < -0.4 is 4.90 Å². The van der Waals surface area contributed by atoms with E-state index in [2.05, 4.69) is 14.9 Å². The van der Waals surface area contributed by atoms with E-state index >= 15 is 0 Å². The van der Waals surface area contributed by atoms with Gasteiger partial charge in [-0.3, -0.25) is 19.0 Å². The molecule has 0 aliphatic carbocycles. The van der Waals surface area contributed by atoms with Gasteiger partial charge in [0, 0.05) is 32.4 Å². The van der Waals surface area contributed by atoms with E-state index < -0.39 is 0 Å². The number of morpholine rings is 1. The van der Waals surface area contributed by atoms with Gasteiger partial charge in [0.25, 0.3) is 5.91 Å². The van der Waals surface area contributed by atoms with Crippen LogP contribution in [0, 0.1) is 12.7 Å². The summed E-state index contributed by atoms with van der Waals surface area (Å²) in [4.78, 5) is 27.1. The molecule has 0 saturated carbocycles. The van der Waals surface area contributed by atoms with Gasteiger partial charge in [-0.1, -0.05) is 17.4 Å². The molecule has 4 aromatic rings. The number of aryl methyl sites for hydroxylation is 1. The molecule has 0 radical (unpaired) electrons. The lowest BCUT2D eigenvalue weighted by Crippen LogP contribution is -2.39. The van der Waals surface area contributed by atoms with Crippen molar-refractivity contribution in [3.8, 4) is 0 Å². The monoisotopic (exact) mass is 489 g/mol. The zero-order valence-electron chi connectivity index (χ0n) is 18.2. The zero-order chi connectivity index (χ0) is 22.1. The highest BCUT2D eigenvalue weighted by atomic mass is 35.5. The summed E-state index contributed by atoms with van der Waals surface area (Å²) in [6, 6.07) is 10.2. The number of carbonyl (C=O) groups excluding carboxylic acids is 1. The first-order valence-corrected chi connectivity index (χ1v) is 11.5. The molecule has 1 aromatic carbocycles. The van der Waals surface area contributed by atoms with Crippen molar-refractivity contribution < 1.29 is 13.9 Å². The molecule has 0 N–H and O–H groups in total. The van der Waals surface area contributed by atoms with Crippen molar-refractivity contribution in [2.24, 2.45) is 0 Å². The summed E-state index contributed by atoms with van der Waals surface area (Å²) in [6.45, 7) is 6.53. The van der Waals surface area contributed by atoms with Crippen LogP contribution in [0.3, 0.4) is 0 Å². The molecule has 0 unspecified atom stereocenters. The molecular weight excluding hydrogens is 465 g/mol. The molecule has 1 fully saturated rings. The van der Waals surface area contributed by atoms with Crippen LogP contribution in [0.1, 0.15) is 22.6 Å². The second-order valence-corrected chi connectivity index (χ2v) is 8.86. The molecule has 7 nitrogen and oxygen atoms in total. The molecule has 0 atom stereocenters. The molecule has 174 valence electrons. The van der Waals surface area contributed by atoms with Crippen molar-refractivity contribution in [3.63, 3.8) is 0 Å². The Morgan fingerprint density at radius 3 is 2.85 bits per heavy atom. The van der Waals surface area contributed by atoms with Crippen LogP contribution in [0.25, 0.3) is 15.9 Å². The Hall–Kier alpha value is -2.59. The first-order valence-electron chi connectivity index (χ1n) is 10.7. The highest BCUT2D eigenvalue weighted by Gasteiger charge is 2.26. The van der Waals surface area contributed by atoms with Crippen LogP contribution >= 0.6 is 23.7 Å². The van der Waals surface area contributed by atoms with E-state index in [1.54, 1.807) is 11.0 Å². The van der Waals surface area contributed by atoms with Gasteiger partial charge in [-0.15, -0.1) is 12.4 Å². The predicted octanol–water partition coefficient (Wildman–Crippen LogP) is 4.18. The van der Waals surface area contributed by atoms with Crippen molar-refractivity contribution in [1.82, 2.24) is 19.3 Å². The predicted molar refractivity (Wildman–Crippen MR) is 130 cm³/mol. The number of thiazole rings is 1. The number of hydrogen-bond acceptors (Lipinski definition) is 6. The number of rotatable bonds is 6. The van der Waals surface area contributed by atoms with E-state index in [0.29, 0.717) is 28.6 Å². The maximum absolute atomic E-state index is 13.8. The van der Waals surface area contributed by atoms with Gasteiger partial charge in [0.1, 0.15) is 17.2 Å². The SMILES string of the molecule is Cc1nc2ccccn2c1C(=O)N(CCCN1CCOCC1)c1nc2ccc(F)cc2s1.Cl. The molecule has 0 bridgehead atoms. The van der Waals surface area contributed by atoms with Crippen LogP contribution in [0.2, 0.25) is 0 Å². The normalized spacial score (nSPS) is 14.5. The first kappa shape index (κ1) is 23.6. The molecule has 0 spiro atoms. The van der Waals surface area contributed by atoms with Crippen LogP contribution in [0.4, 0.5) is 9.52 Å². The molecule has 1 amide bonds. The molecule has 3 aromatic heterocycles. The average Bonchev–Trinajstić information content (AvgIpc) is 3.36. The van der Waals surface area contributed by atoms with Gasteiger partial charge in [0.15, 0.2) is 5.13 Å². The number of imidazole rings is 1. The molecular formula is C23H25ClFN5O2S. The third-order valence-electron chi connectivity index (χ3n) is 5.68. The lowest BCUT2D eigenvalue weighted by atomic mass is 10.2. The number of fused-ring (bicyclic) bond motifs is 2. The highest BCUT2D eigenvalue weighted by Crippen LogP contribution is 2.31. The number of nitrogens with zero attached hydrogens (tertiary/aromatic N) is 5. The van der Waals surface area contributed by atoms with Crippen molar-refractivity contribution in [3.05, 3.63) is 59.8 Å². The Kier molecular flexibility index (Phi) is 7.23. The fourth-order valence-electron chi connectivity index (χ4n) is 4.06. The third kappa shape index (κ3) is 4.86. The number of aromatic nitrogens is 3. The summed E-state index contributed by atoms with van der Waals surface area (Å²) >= 11 is 1.33. The molecule has 1 saturated heterocycles. The smallest absolute Gasteiger partial charge is 0.278 e. The minimum Gasteiger partial charge on any atom is -0.379 e.